The Balaban J connectivity index is 2.07. The largest absolute Gasteiger partial charge is 0.493 e. The lowest BCUT2D eigenvalue weighted by molar-refractivity contribution is -0.140. The van der Waals surface area contributed by atoms with Gasteiger partial charge in [0, 0.05) is 43.6 Å². The summed E-state index contributed by atoms with van der Waals surface area (Å²) in [5.41, 5.74) is 2.44. The number of aliphatic carboxylic acids is 1. The van der Waals surface area contributed by atoms with Crippen LogP contribution in [0.2, 0.25) is 0 Å². The second-order valence-corrected chi connectivity index (χ2v) is 8.96. The van der Waals surface area contributed by atoms with Gasteiger partial charge in [0.1, 0.15) is 17.6 Å². The van der Waals surface area contributed by atoms with Crippen LogP contribution in [0.5, 0.6) is 5.75 Å². The Labute approximate surface area is 204 Å². The standard InChI is InChI=1S/C26H32FN3O5/c1-16-10-20(27)12-23-25(16)19-11-18(14-28-15-19)21(13-24(32)33)29-26(34)22(30(3)17(2)31)8-6-4-5-7-9-35-23/h10-12,14-15,21-22H,4-9,13H2,1-3H3,(H,29,34)(H,32,33)/t21-,22+/m1/s1. The fraction of sp³-hybridized carbons (Fsp3) is 0.462. The molecule has 2 atom stereocenters. The van der Waals surface area contributed by atoms with Gasteiger partial charge in [-0.1, -0.05) is 19.3 Å². The van der Waals surface area contributed by atoms with Crippen molar-refractivity contribution in [2.24, 2.45) is 0 Å². The first-order valence-electron chi connectivity index (χ1n) is 11.8. The maximum Gasteiger partial charge on any atom is 0.305 e. The first kappa shape index (κ1) is 26.1. The molecule has 188 valence electrons. The van der Waals surface area contributed by atoms with Crippen molar-refractivity contribution in [3.8, 4) is 16.9 Å². The van der Waals surface area contributed by atoms with Crippen molar-refractivity contribution in [1.29, 1.82) is 0 Å². The maximum absolute atomic E-state index is 14.2. The number of carboxylic acids is 1. The number of carbonyl (C=O) groups is 3. The van der Waals surface area contributed by atoms with Gasteiger partial charge in [0.05, 0.1) is 19.1 Å². The van der Waals surface area contributed by atoms with Crippen molar-refractivity contribution in [2.45, 2.75) is 64.5 Å². The highest BCUT2D eigenvalue weighted by atomic mass is 19.1. The number of aromatic nitrogens is 1. The minimum atomic E-state index is -1.09. The Morgan fingerprint density at radius 1 is 1.20 bits per heavy atom. The molecule has 0 radical (unpaired) electrons. The second kappa shape index (κ2) is 11.8. The molecular formula is C26H32FN3O5. The van der Waals surface area contributed by atoms with Gasteiger partial charge in [-0.2, -0.15) is 0 Å². The van der Waals surface area contributed by atoms with Crippen LogP contribution in [0.3, 0.4) is 0 Å². The molecule has 2 N–H and O–H groups in total. The van der Waals surface area contributed by atoms with Crippen LogP contribution in [0.4, 0.5) is 4.39 Å². The lowest BCUT2D eigenvalue weighted by atomic mass is 9.96. The molecule has 0 aliphatic carbocycles. The minimum Gasteiger partial charge on any atom is -0.493 e. The van der Waals surface area contributed by atoms with Gasteiger partial charge in [0.2, 0.25) is 11.8 Å². The van der Waals surface area contributed by atoms with Crippen LogP contribution < -0.4 is 10.1 Å². The summed E-state index contributed by atoms with van der Waals surface area (Å²) in [6.45, 7) is 3.57. The SMILES string of the molecule is CC(=O)N(C)[C@H]1CCCCCCOc2cc(F)cc(C)c2-c2cncc(c2)[C@@H](CC(=O)O)NC1=O. The summed E-state index contributed by atoms with van der Waals surface area (Å²) >= 11 is 0. The molecule has 2 aromatic rings. The van der Waals surface area contributed by atoms with E-state index in [1.54, 1.807) is 26.2 Å². The van der Waals surface area contributed by atoms with E-state index in [1.165, 1.54) is 30.2 Å². The highest BCUT2D eigenvalue weighted by Gasteiger charge is 2.28. The minimum absolute atomic E-state index is 0.245. The molecule has 9 heteroatoms. The number of hydrogen-bond donors (Lipinski definition) is 2. The molecule has 0 spiro atoms. The molecule has 1 aliphatic rings. The normalized spacial score (nSPS) is 19.1. The zero-order valence-electron chi connectivity index (χ0n) is 20.3. The van der Waals surface area contributed by atoms with Crippen LogP contribution in [0, 0.1) is 12.7 Å². The van der Waals surface area contributed by atoms with Crippen LogP contribution in [0.15, 0.2) is 30.6 Å². The quantitative estimate of drug-likeness (QED) is 0.680. The van der Waals surface area contributed by atoms with Crippen molar-refractivity contribution >= 4 is 17.8 Å². The molecule has 2 bridgehead atoms. The number of rotatable bonds is 3. The molecule has 3 rings (SSSR count). The molecule has 35 heavy (non-hydrogen) atoms. The van der Waals surface area contributed by atoms with E-state index in [0.29, 0.717) is 47.5 Å². The molecule has 1 aromatic heterocycles. The van der Waals surface area contributed by atoms with Crippen molar-refractivity contribution in [1.82, 2.24) is 15.2 Å². The zero-order valence-corrected chi connectivity index (χ0v) is 20.3. The highest BCUT2D eigenvalue weighted by Crippen LogP contribution is 2.35. The number of amides is 2. The summed E-state index contributed by atoms with van der Waals surface area (Å²) < 4.78 is 20.1. The van der Waals surface area contributed by atoms with Gasteiger partial charge in [-0.25, -0.2) is 4.39 Å². The van der Waals surface area contributed by atoms with Gasteiger partial charge in [-0.3, -0.25) is 19.4 Å². The van der Waals surface area contributed by atoms with Crippen molar-refractivity contribution in [3.05, 3.63) is 47.5 Å². The molecule has 0 unspecified atom stereocenters. The number of fused-ring (bicyclic) bond motifs is 4. The fourth-order valence-corrected chi connectivity index (χ4v) is 4.37. The third kappa shape index (κ3) is 6.77. The van der Waals surface area contributed by atoms with Crippen molar-refractivity contribution < 1.29 is 28.6 Å². The number of aryl methyl sites for hydroxylation is 1. The van der Waals surface area contributed by atoms with Gasteiger partial charge in [0.15, 0.2) is 0 Å². The first-order chi connectivity index (χ1) is 16.7. The Bertz CT molecular complexity index is 1090. The third-order valence-electron chi connectivity index (χ3n) is 6.31. The summed E-state index contributed by atoms with van der Waals surface area (Å²) in [5.74, 6) is -1.75. The first-order valence-corrected chi connectivity index (χ1v) is 11.8. The fourth-order valence-electron chi connectivity index (χ4n) is 4.37. The van der Waals surface area contributed by atoms with Crippen LogP contribution in [-0.2, 0) is 14.4 Å². The number of ether oxygens (including phenoxy) is 1. The molecule has 0 saturated heterocycles. The van der Waals surface area contributed by atoms with Gasteiger partial charge >= 0.3 is 5.97 Å². The van der Waals surface area contributed by atoms with Crippen LogP contribution >= 0.6 is 0 Å². The van der Waals surface area contributed by atoms with E-state index in [1.807, 2.05) is 0 Å². The van der Waals surface area contributed by atoms with E-state index in [-0.39, 0.29) is 12.3 Å². The van der Waals surface area contributed by atoms with E-state index in [2.05, 4.69) is 10.3 Å². The lowest BCUT2D eigenvalue weighted by Gasteiger charge is -2.29. The number of nitrogens with one attached hydrogen (secondary N) is 1. The smallest absolute Gasteiger partial charge is 0.305 e. The predicted molar refractivity (Wildman–Crippen MR) is 128 cm³/mol. The van der Waals surface area contributed by atoms with E-state index in [0.717, 1.165) is 19.3 Å². The third-order valence-corrected chi connectivity index (χ3v) is 6.31. The molecule has 1 aromatic carbocycles. The zero-order chi connectivity index (χ0) is 25.5. The average molecular weight is 486 g/mol. The summed E-state index contributed by atoms with van der Waals surface area (Å²) in [4.78, 5) is 42.6. The Hall–Kier alpha value is -3.49. The van der Waals surface area contributed by atoms with E-state index >= 15 is 0 Å². The van der Waals surface area contributed by atoms with Gasteiger partial charge in [-0.05, 0) is 43.0 Å². The Morgan fingerprint density at radius 3 is 2.66 bits per heavy atom. The van der Waals surface area contributed by atoms with Crippen molar-refractivity contribution in [3.63, 3.8) is 0 Å². The van der Waals surface area contributed by atoms with E-state index in [4.69, 9.17) is 4.74 Å². The maximum atomic E-state index is 14.2. The highest BCUT2D eigenvalue weighted by molar-refractivity contribution is 5.87. The van der Waals surface area contributed by atoms with Crippen LogP contribution in [-0.4, -0.2) is 52.5 Å². The van der Waals surface area contributed by atoms with E-state index < -0.39 is 29.8 Å². The number of benzene rings is 1. The average Bonchev–Trinajstić information content (AvgIpc) is 2.78. The Kier molecular flexibility index (Phi) is 8.78. The topological polar surface area (TPSA) is 109 Å². The predicted octanol–water partition coefficient (Wildman–Crippen LogP) is 4.02. The molecule has 1 aliphatic heterocycles. The number of hydrogen-bond acceptors (Lipinski definition) is 5. The van der Waals surface area contributed by atoms with Gasteiger partial charge in [0.25, 0.3) is 0 Å². The number of halogens is 1. The monoisotopic (exact) mass is 485 g/mol. The van der Waals surface area contributed by atoms with Gasteiger partial charge in [-0.15, -0.1) is 0 Å². The van der Waals surface area contributed by atoms with Crippen molar-refractivity contribution in [2.75, 3.05) is 13.7 Å². The Morgan fingerprint density at radius 2 is 1.94 bits per heavy atom. The number of nitrogens with zero attached hydrogens (tertiary/aromatic N) is 2. The number of carbonyl (C=O) groups excluding carboxylic acids is 2. The van der Waals surface area contributed by atoms with Crippen LogP contribution in [0.1, 0.15) is 62.6 Å². The molecule has 2 heterocycles. The summed E-state index contributed by atoms with van der Waals surface area (Å²) in [6.07, 6.45) is 6.34. The molecule has 0 fully saturated rings. The lowest BCUT2D eigenvalue weighted by Crippen LogP contribution is -2.48. The van der Waals surface area contributed by atoms with E-state index in [9.17, 15) is 23.9 Å². The van der Waals surface area contributed by atoms with Gasteiger partial charge < -0.3 is 20.1 Å². The summed E-state index contributed by atoms with van der Waals surface area (Å²) in [7, 11) is 1.58. The summed E-state index contributed by atoms with van der Waals surface area (Å²) in [5, 5.41) is 12.3. The molecular weight excluding hydrogens is 453 g/mol. The van der Waals surface area contributed by atoms with Crippen LogP contribution in [0.25, 0.3) is 11.1 Å². The summed E-state index contributed by atoms with van der Waals surface area (Å²) in [6, 6.07) is 2.91. The second-order valence-electron chi connectivity index (χ2n) is 8.96. The number of carboxylic acid groups (broad SMARTS) is 1. The molecule has 2 amide bonds. The molecule has 8 nitrogen and oxygen atoms in total. The number of pyridine rings is 1. The molecule has 0 saturated carbocycles. The number of likely N-dealkylation sites (N-methyl/N-ethyl adjacent to an activating group) is 1.